The van der Waals surface area contributed by atoms with Crippen molar-refractivity contribution >= 4 is 21.5 Å². The molecule has 2 rings (SSSR count). The van der Waals surface area contributed by atoms with Gasteiger partial charge < -0.3 is 5.73 Å². The third-order valence-electron chi connectivity index (χ3n) is 2.70. The largest absolute Gasteiger partial charge is 0.384 e. The zero-order chi connectivity index (χ0) is 14.8. The van der Waals surface area contributed by atoms with Gasteiger partial charge in [-0.05, 0) is 30.7 Å². The Bertz CT molecular complexity index is 777. The van der Waals surface area contributed by atoms with Gasteiger partial charge in [-0.25, -0.2) is 13.4 Å². The quantitative estimate of drug-likeness (QED) is 0.892. The minimum Gasteiger partial charge on any atom is -0.384 e. The Morgan fingerprint density at radius 1 is 1.30 bits per heavy atom. The van der Waals surface area contributed by atoms with Gasteiger partial charge >= 0.3 is 0 Å². The van der Waals surface area contributed by atoms with Gasteiger partial charge in [0.2, 0.25) is 0 Å². The Balaban J connectivity index is 2.42. The smallest absolute Gasteiger partial charge is 0.263 e. The van der Waals surface area contributed by atoms with Crippen molar-refractivity contribution in [1.29, 1.82) is 5.26 Å². The van der Waals surface area contributed by atoms with Crippen molar-refractivity contribution in [2.45, 2.75) is 11.8 Å². The number of nitriles is 1. The first kappa shape index (κ1) is 13.8. The van der Waals surface area contributed by atoms with Crippen LogP contribution < -0.4 is 10.5 Å². The molecule has 0 saturated carbocycles. The molecule has 2 aromatic rings. The molecule has 0 saturated heterocycles. The molecule has 0 aliphatic heterocycles. The predicted molar refractivity (Wildman–Crippen MR) is 75.4 cm³/mol. The van der Waals surface area contributed by atoms with E-state index < -0.39 is 10.0 Å². The van der Waals surface area contributed by atoms with Crippen molar-refractivity contribution in [2.75, 3.05) is 10.5 Å². The van der Waals surface area contributed by atoms with E-state index in [1.807, 2.05) is 6.07 Å². The molecule has 0 radical (unpaired) electrons. The molecule has 0 bridgehead atoms. The lowest BCUT2D eigenvalue weighted by Crippen LogP contribution is -2.14. The van der Waals surface area contributed by atoms with Crippen LogP contribution in [0.2, 0.25) is 0 Å². The zero-order valence-electron chi connectivity index (χ0n) is 10.7. The Kier molecular flexibility index (Phi) is 3.59. The molecule has 1 heterocycles. The fraction of sp³-hybridized carbons (Fsp3) is 0.0769. The lowest BCUT2D eigenvalue weighted by Gasteiger charge is -2.10. The van der Waals surface area contributed by atoms with Gasteiger partial charge in [0.25, 0.3) is 10.0 Å². The fourth-order valence-corrected chi connectivity index (χ4v) is 2.67. The highest BCUT2D eigenvalue weighted by Crippen LogP contribution is 2.22. The number of aryl methyl sites for hydroxylation is 1. The monoisotopic (exact) mass is 288 g/mol. The summed E-state index contributed by atoms with van der Waals surface area (Å²) in [7, 11) is -3.80. The Hall–Kier alpha value is -2.59. The molecule has 102 valence electrons. The van der Waals surface area contributed by atoms with Crippen LogP contribution in [0.25, 0.3) is 0 Å². The number of rotatable bonds is 3. The van der Waals surface area contributed by atoms with Gasteiger partial charge in [0.1, 0.15) is 16.8 Å². The van der Waals surface area contributed by atoms with Gasteiger partial charge in [-0.15, -0.1) is 0 Å². The van der Waals surface area contributed by atoms with Crippen LogP contribution in [0.1, 0.15) is 11.1 Å². The van der Waals surface area contributed by atoms with Crippen LogP contribution in [0.4, 0.5) is 11.5 Å². The maximum Gasteiger partial charge on any atom is 0.263 e. The van der Waals surface area contributed by atoms with Gasteiger partial charge in [0, 0.05) is 6.20 Å². The van der Waals surface area contributed by atoms with E-state index in [0.29, 0.717) is 11.1 Å². The van der Waals surface area contributed by atoms with Crippen LogP contribution in [-0.4, -0.2) is 13.4 Å². The molecule has 0 aliphatic carbocycles. The second-order valence-electron chi connectivity index (χ2n) is 4.13. The molecule has 6 nitrogen and oxygen atoms in total. The molecule has 0 aliphatic rings. The third kappa shape index (κ3) is 2.70. The van der Waals surface area contributed by atoms with Crippen LogP contribution in [-0.2, 0) is 10.0 Å². The van der Waals surface area contributed by atoms with Gasteiger partial charge in [-0.1, -0.05) is 12.1 Å². The molecule has 0 fully saturated rings. The minimum atomic E-state index is -3.80. The normalized spacial score (nSPS) is 10.8. The number of hydrogen-bond donors (Lipinski definition) is 2. The highest BCUT2D eigenvalue weighted by molar-refractivity contribution is 7.92. The van der Waals surface area contributed by atoms with Crippen LogP contribution in [0, 0.1) is 18.3 Å². The van der Waals surface area contributed by atoms with E-state index >= 15 is 0 Å². The van der Waals surface area contributed by atoms with Crippen LogP contribution in [0.15, 0.2) is 41.4 Å². The average Bonchev–Trinajstić information content (AvgIpc) is 2.39. The first-order valence-corrected chi connectivity index (χ1v) is 7.16. The van der Waals surface area contributed by atoms with E-state index in [1.54, 1.807) is 19.1 Å². The van der Waals surface area contributed by atoms with Crippen LogP contribution in [0.5, 0.6) is 0 Å². The molecule has 1 aromatic heterocycles. The zero-order valence-corrected chi connectivity index (χ0v) is 11.5. The summed E-state index contributed by atoms with van der Waals surface area (Å²) < 4.78 is 26.8. The molecule has 0 spiro atoms. The number of nitrogens with two attached hydrogens (primary N) is 1. The summed E-state index contributed by atoms with van der Waals surface area (Å²) >= 11 is 0. The summed E-state index contributed by atoms with van der Waals surface area (Å²) in [5.74, 6) is 0.234. The summed E-state index contributed by atoms with van der Waals surface area (Å²) in [6.07, 6.45) is 1.17. The molecular weight excluding hydrogens is 276 g/mol. The number of anilines is 2. The highest BCUT2D eigenvalue weighted by Gasteiger charge is 2.17. The second-order valence-corrected chi connectivity index (χ2v) is 5.82. The number of pyridine rings is 1. The number of aromatic nitrogens is 1. The first-order valence-electron chi connectivity index (χ1n) is 5.68. The van der Waals surface area contributed by atoms with Gasteiger partial charge in [0.15, 0.2) is 0 Å². The van der Waals surface area contributed by atoms with Gasteiger partial charge in [-0.2, -0.15) is 5.26 Å². The van der Waals surface area contributed by atoms with E-state index in [2.05, 4.69) is 9.71 Å². The topological polar surface area (TPSA) is 109 Å². The molecule has 7 heteroatoms. The van der Waals surface area contributed by atoms with E-state index in [4.69, 9.17) is 11.0 Å². The first-order chi connectivity index (χ1) is 9.44. The maximum absolute atomic E-state index is 12.2. The Morgan fingerprint density at radius 3 is 2.65 bits per heavy atom. The third-order valence-corrected chi connectivity index (χ3v) is 4.05. The number of nitrogens with one attached hydrogen (secondary N) is 1. The number of benzene rings is 1. The molecule has 0 amide bonds. The Labute approximate surface area is 116 Å². The van der Waals surface area contributed by atoms with Gasteiger partial charge in [-0.3, -0.25) is 4.72 Å². The molecule has 1 aromatic carbocycles. The van der Waals surface area contributed by atoms with Crippen LogP contribution in [0.3, 0.4) is 0 Å². The van der Waals surface area contributed by atoms with Crippen molar-refractivity contribution in [3.05, 3.63) is 47.7 Å². The number of hydrogen-bond acceptors (Lipinski definition) is 5. The molecule has 0 unspecified atom stereocenters. The highest BCUT2D eigenvalue weighted by atomic mass is 32.2. The van der Waals surface area contributed by atoms with Crippen molar-refractivity contribution < 1.29 is 8.42 Å². The molecule has 20 heavy (non-hydrogen) atoms. The maximum atomic E-state index is 12.2. The average molecular weight is 288 g/mol. The summed E-state index contributed by atoms with van der Waals surface area (Å²) in [6.45, 7) is 1.74. The summed E-state index contributed by atoms with van der Waals surface area (Å²) in [5.41, 5.74) is 6.65. The van der Waals surface area contributed by atoms with Gasteiger partial charge in [0.05, 0.1) is 11.3 Å². The lowest BCUT2D eigenvalue weighted by atomic mass is 10.1. The minimum absolute atomic E-state index is 0.0166. The summed E-state index contributed by atoms with van der Waals surface area (Å²) in [6, 6.07) is 9.69. The molecular formula is C13H12N4O2S. The molecule has 0 atom stereocenters. The summed E-state index contributed by atoms with van der Waals surface area (Å²) in [5, 5.41) is 9.09. The van der Waals surface area contributed by atoms with E-state index in [1.165, 1.54) is 24.4 Å². The van der Waals surface area contributed by atoms with Crippen molar-refractivity contribution in [3.8, 4) is 6.07 Å². The van der Waals surface area contributed by atoms with E-state index in [-0.39, 0.29) is 16.4 Å². The SMILES string of the molecule is Cc1cccc(NS(=O)(=O)c2ccc(N)nc2)c1C#N. The second kappa shape index (κ2) is 5.19. The fourth-order valence-electron chi connectivity index (χ4n) is 1.66. The lowest BCUT2D eigenvalue weighted by molar-refractivity contribution is 0.601. The van der Waals surface area contributed by atoms with E-state index in [9.17, 15) is 8.42 Å². The summed E-state index contributed by atoms with van der Waals surface area (Å²) in [4.78, 5) is 3.72. The van der Waals surface area contributed by atoms with Crippen molar-refractivity contribution in [3.63, 3.8) is 0 Å². The van der Waals surface area contributed by atoms with Crippen molar-refractivity contribution in [2.24, 2.45) is 0 Å². The van der Waals surface area contributed by atoms with E-state index in [0.717, 1.165) is 0 Å². The van der Waals surface area contributed by atoms with Crippen LogP contribution >= 0.6 is 0 Å². The number of nitrogen functional groups attached to an aromatic ring is 1. The standard InChI is InChI=1S/C13H12N4O2S/c1-9-3-2-4-12(11(9)7-14)17-20(18,19)10-5-6-13(15)16-8-10/h2-6,8,17H,1H3,(H2,15,16). The Morgan fingerprint density at radius 2 is 2.05 bits per heavy atom. The number of nitrogens with zero attached hydrogens (tertiary/aromatic N) is 2. The predicted octanol–water partition coefficient (Wildman–Crippen LogP) is 1.64. The van der Waals surface area contributed by atoms with Crippen molar-refractivity contribution in [1.82, 2.24) is 4.98 Å². The number of sulfonamides is 1. The molecule has 3 N–H and O–H groups in total.